The van der Waals surface area contributed by atoms with Crippen molar-refractivity contribution in [3.8, 4) is 0 Å². The predicted octanol–water partition coefficient (Wildman–Crippen LogP) is 2.51. The van der Waals surface area contributed by atoms with Crippen molar-refractivity contribution < 1.29 is 4.74 Å². The lowest BCUT2D eigenvalue weighted by Gasteiger charge is -2.42. The van der Waals surface area contributed by atoms with Crippen LogP contribution in [0.5, 0.6) is 0 Å². The summed E-state index contributed by atoms with van der Waals surface area (Å²) < 4.78 is 5.50. The molecule has 2 aliphatic rings. The van der Waals surface area contributed by atoms with Crippen LogP contribution in [0.1, 0.15) is 46.5 Å². The molecule has 0 amide bonds. The SMILES string of the molecule is CCC(C)C1CN(CCC2CCOC2)C(CC)CN1. The summed E-state index contributed by atoms with van der Waals surface area (Å²) in [6.07, 6.45) is 5.14. The zero-order valence-electron chi connectivity index (χ0n) is 13.0. The number of rotatable bonds is 6. The minimum atomic E-state index is 0.688. The van der Waals surface area contributed by atoms with Gasteiger partial charge in [-0.25, -0.2) is 0 Å². The molecule has 19 heavy (non-hydrogen) atoms. The number of hydrogen-bond acceptors (Lipinski definition) is 3. The Labute approximate surface area is 119 Å². The van der Waals surface area contributed by atoms with Gasteiger partial charge in [-0.1, -0.05) is 27.2 Å². The van der Waals surface area contributed by atoms with Crippen LogP contribution in [-0.2, 0) is 4.74 Å². The monoisotopic (exact) mass is 268 g/mol. The first-order valence-electron chi connectivity index (χ1n) is 8.29. The molecule has 0 aromatic heterocycles. The summed E-state index contributed by atoms with van der Waals surface area (Å²) in [5.41, 5.74) is 0. The molecule has 2 aliphatic heterocycles. The molecule has 0 aliphatic carbocycles. The average Bonchev–Trinajstić information content (AvgIpc) is 2.97. The van der Waals surface area contributed by atoms with Crippen LogP contribution in [0.4, 0.5) is 0 Å². The van der Waals surface area contributed by atoms with Gasteiger partial charge in [-0.15, -0.1) is 0 Å². The maximum Gasteiger partial charge on any atom is 0.0495 e. The van der Waals surface area contributed by atoms with Gasteiger partial charge in [0, 0.05) is 38.4 Å². The predicted molar refractivity (Wildman–Crippen MR) is 80.4 cm³/mol. The minimum Gasteiger partial charge on any atom is -0.381 e. The van der Waals surface area contributed by atoms with Gasteiger partial charge in [-0.2, -0.15) is 0 Å². The molecular weight excluding hydrogens is 236 g/mol. The Morgan fingerprint density at radius 1 is 1.37 bits per heavy atom. The van der Waals surface area contributed by atoms with Crippen molar-refractivity contribution in [3.05, 3.63) is 0 Å². The Morgan fingerprint density at radius 3 is 2.84 bits per heavy atom. The van der Waals surface area contributed by atoms with E-state index < -0.39 is 0 Å². The molecule has 0 saturated carbocycles. The van der Waals surface area contributed by atoms with Gasteiger partial charge in [0.1, 0.15) is 0 Å². The summed E-state index contributed by atoms with van der Waals surface area (Å²) in [6.45, 7) is 12.7. The van der Waals surface area contributed by atoms with Gasteiger partial charge < -0.3 is 10.1 Å². The molecule has 0 aromatic rings. The van der Waals surface area contributed by atoms with Crippen LogP contribution >= 0.6 is 0 Å². The number of nitrogens with one attached hydrogen (secondary N) is 1. The first-order valence-corrected chi connectivity index (χ1v) is 8.29. The van der Waals surface area contributed by atoms with Crippen molar-refractivity contribution in [2.24, 2.45) is 11.8 Å². The number of piperazine rings is 1. The zero-order valence-corrected chi connectivity index (χ0v) is 13.0. The maximum atomic E-state index is 5.50. The van der Waals surface area contributed by atoms with Crippen molar-refractivity contribution in [2.75, 3.05) is 32.8 Å². The molecule has 2 saturated heterocycles. The highest BCUT2D eigenvalue weighted by atomic mass is 16.5. The van der Waals surface area contributed by atoms with E-state index in [0.29, 0.717) is 6.04 Å². The molecule has 4 atom stereocenters. The second-order valence-corrected chi connectivity index (χ2v) is 6.48. The van der Waals surface area contributed by atoms with Crippen LogP contribution in [-0.4, -0.2) is 49.8 Å². The van der Waals surface area contributed by atoms with Crippen molar-refractivity contribution in [2.45, 2.75) is 58.5 Å². The quantitative estimate of drug-likeness (QED) is 0.801. The smallest absolute Gasteiger partial charge is 0.0495 e. The van der Waals surface area contributed by atoms with E-state index in [9.17, 15) is 0 Å². The lowest BCUT2D eigenvalue weighted by atomic mass is 9.94. The summed E-state index contributed by atoms with van der Waals surface area (Å²) in [7, 11) is 0. The fourth-order valence-corrected chi connectivity index (χ4v) is 3.38. The second-order valence-electron chi connectivity index (χ2n) is 6.48. The van der Waals surface area contributed by atoms with Crippen molar-refractivity contribution >= 4 is 0 Å². The van der Waals surface area contributed by atoms with Crippen molar-refractivity contribution in [3.63, 3.8) is 0 Å². The van der Waals surface area contributed by atoms with E-state index in [1.54, 1.807) is 0 Å². The highest BCUT2D eigenvalue weighted by molar-refractivity contribution is 4.88. The highest BCUT2D eigenvalue weighted by Gasteiger charge is 2.29. The lowest BCUT2D eigenvalue weighted by Crippen LogP contribution is -2.58. The van der Waals surface area contributed by atoms with Crippen molar-refractivity contribution in [1.29, 1.82) is 0 Å². The molecule has 2 rings (SSSR count). The lowest BCUT2D eigenvalue weighted by molar-refractivity contribution is 0.0977. The molecule has 3 nitrogen and oxygen atoms in total. The molecule has 0 aromatic carbocycles. The molecule has 0 radical (unpaired) electrons. The summed E-state index contributed by atoms with van der Waals surface area (Å²) >= 11 is 0. The third-order valence-corrected chi connectivity index (χ3v) is 5.21. The van der Waals surface area contributed by atoms with Crippen LogP contribution in [0.3, 0.4) is 0 Å². The molecule has 0 spiro atoms. The molecule has 0 bridgehead atoms. The molecule has 1 N–H and O–H groups in total. The third-order valence-electron chi connectivity index (χ3n) is 5.21. The minimum absolute atomic E-state index is 0.688. The van der Waals surface area contributed by atoms with Gasteiger partial charge in [0.15, 0.2) is 0 Å². The van der Waals surface area contributed by atoms with Gasteiger partial charge in [0.2, 0.25) is 0 Å². The third kappa shape index (κ3) is 4.17. The Balaban J connectivity index is 1.82. The molecule has 4 unspecified atom stereocenters. The van der Waals surface area contributed by atoms with Gasteiger partial charge >= 0.3 is 0 Å². The van der Waals surface area contributed by atoms with Crippen molar-refractivity contribution in [1.82, 2.24) is 10.2 Å². The first kappa shape index (κ1) is 15.3. The van der Waals surface area contributed by atoms with E-state index in [4.69, 9.17) is 4.74 Å². The van der Waals surface area contributed by atoms with E-state index in [1.807, 2.05) is 0 Å². The fraction of sp³-hybridized carbons (Fsp3) is 1.00. The normalized spacial score (nSPS) is 34.6. The first-order chi connectivity index (χ1) is 9.24. The Hall–Kier alpha value is -0.120. The van der Waals surface area contributed by atoms with Crippen LogP contribution in [0.25, 0.3) is 0 Å². The number of ether oxygens (including phenoxy) is 1. The van der Waals surface area contributed by atoms with Gasteiger partial charge in [-0.05, 0) is 37.6 Å². The van der Waals surface area contributed by atoms with Crippen LogP contribution in [0, 0.1) is 11.8 Å². The summed E-state index contributed by atoms with van der Waals surface area (Å²) in [5.74, 6) is 1.60. The summed E-state index contributed by atoms with van der Waals surface area (Å²) in [4.78, 5) is 2.74. The summed E-state index contributed by atoms with van der Waals surface area (Å²) in [6, 6.07) is 1.43. The highest BCUT2D eigenvalue weighted by Crippen LogP contribution is 2.21. The molecule has 2 heterocycles. The fourth-order valence-electron chi connectivity index (χ4n) is 3.38. The van der Waals surface area contributed by atoms with E-state index in [0.717, 1.165) is 31.1 Å². The second kappa shape index (κ2) is 7.61. The summed E-state index contributed by atoms with van der Waals surface area (Å²) in [5, 5.41) is 3.76. The van der Waals surface area contributed by atoms with Crippen LogP contribution in [0.15, 0.2) is 0 Å². The van der Waals surface area contributed by atoms with Gasteiger partial charge in [0.05, 0.1) is 0 Å². The molecule has 112 valence electrons. The number of hydrogen-bond donors (Lipinski definition) is 1. The number of nitrogens with zero attached hydrogens (tertiary/aromatic N) is 1. The molecule has 2 fully saturated rings. The molecular formula is C16H32N2O. The standard InChI is InChI=1S/C16H32N2O/c1-4-13(3)16-11-18(15(5-2)10-17-16)8-6-14-7-9-19-12-14/h13-17H,4-12H2,1-3H3. The van der Waals surface area contributed by atoms with E-state index in [2.05, 4.69) is 31.0 Å². The van der Waals surface area contributed by atoms with E-state index in [1.165, 1.54) is 45.3 Å². The van der Waals surface area contributed by atoms with Gasteiger partial charge in [0.25, 0.3) is 0 Å². The Morgan fingerprint density at radius 2 is 2.21 bits per heavy atom. The average molecular weight is 268 g/mol. The van der Waals surface area contributed by atoms with E-state index in [-0.39, 0.29) is 0 Å². The topological polar surface area (TPSA) is 24.5 Å². The van der Waals surface area contributed by atoms with Crippen LogP contribution in [0.2, 0.25) is 0 Å². The Kier molecular flexibility index (Phi) is 6.11. The maximum absolute atomic E-state index is 5.50. The van der Waals surface area contributed by atoms with E-state index >= 15 is 0 Å². The zero-order chi connectivity index (χ0) is 13.7. The largest absolute Gasteiger partial charge is 0.381 e. The van der Waals surface area contributed by atoms with Crippen LogP contribution < -0.4 is 5.32 Å². The van der Waals surface area contributed by atoms with Gasteiger partial charge in [-0.3, -0.25) is 4.90 Å². The molecule has 3 heteroatoms. The Bertz CT molecular complexity index is 253.